The number of anilines is 1. The third kappa shape index (κ3) is 4.71. The molecule has 5 nitrogen and oxygen atoms in total. The molecule has 0 aliphatic carbocycles. The van der Waals surface area contributed by atoms with Gasteiger partial charge in [-0.2, -0.15) is 0 Å². The van der Waals surface area contributed by atoms with Crippen molar-refractivity contribution in [3.05, 3.63) is 103 Å². The van der Waals surface area contributed by atoms with E-state index >= 15 is 0 Å². The summed E-state index contributed by atoms with van der Waals surface area (Å²) >= 11 is 0. The van der Waals surface area contributed by atoms with Crippen LogP contribution in [-0.2, 0) is 13.2 Å². The van der Waals surface area contributed by atoms with E-state index in [0.29, 0.717) is 13.2 Å². The fraction of sp³-hybridized carbons (Fsp3) is 0.0870. The summed E-state index contributed by atoms with van der Waals surface area (Å²) in [5, 5.41) is 3.31. The standard InChI is InChI=1S/C23H20N4O/c1-2-5-18(6-3-1)16-28-21-10-8-20(9-11-21)22-13-23(27-17-26-22)25-15-19-7-4-12-24-14-19/h1-14,17H,15-16H2,(H,25,26,27). The maximum atomic E-state index is 5.84. The van der Waals surface area contributed by atoms with Gasteiger partial charge < -0.3 is 10.1 Å². The van der Waals surface area contributed by atoms with Crippen LogP contribution in [0.3, 0.4) is 0 Å². The van der Waals surface area contributed by atoms with Crippen molar-refractivity contribution in [2.24, 2.45) is 0 Å². The maximum absolute atomic E-state index is 5.84. The lowest BCUT2D eigenvalue weighted by Crippen LogP contribution is -2.02. The molecule has 0 aliphatic heterocycles. The van der Waals surface area contributed by atoms with E-state index in [2.05, 4.69) is 32.4 Å². The summed E-state index contributed by atoms with van der Waals surface area (Å²) in [5.41, 5.74) is 4.12. The van der Waals surface area contributed by atoms with Gasteiger partial charge in [-0.1, -0.05) is 36.4 Å². The van der Waals surface area contributed by atoms with E-state index in [1.54, 1.807) is 12.5 Å². The molecule has 0 fully saturated rings. The molecule has 1 N–H and O–H groups in total. The summed E-state index contributed by atoms with van der Waals surface area (Å²) in [7, 11) is 0. The number of ether oxygens (including phenoxy) is 1. The third-order valence-electron chi connectivity index (χ3n) is 4.26. The van der Waals surface area contributed by atoms with E-state index in [-0.39, 0.29) is 0 Å². The van der Waals surface area contributed by atoms with Gasteiger partial charge in [-0.05, 0) is 41.5 Å². The minimum atomic E-state index is 0.552. The summed E-state index contributed by atoms with van der Waals surface area (Å²) < 4.78 is 5.84. The van der Waals surface area contributed by atoms with Crippen LogP contribution in [0.4, 0.5) is 5.82 Å². The number of nitrogens with one attached hydrogen (secondary N) is 1. The minimum Gasteiger partial charge on any atom is -0.489 e. The van der Waals surface area contributed by atoms with E-state index in [1.807, 2.05) is 66.9 Å². The predicted octanol–water partition coefficient (Wildman–Crippen LogP) is 4.73. The molecule has 138 valence electrons. The molecule has 4 rings (SSSR count). The second kappa shape index (κ2) is 8.77. The van der Waals surface area contributed by atoms with Crippen LogP contribution in [0.5, 0.6) is 5.75 Å². The first kappa shape index (κ1) is 17.7. The smallest absolute Gasteiger partial charge is 0.130 e. The number of rotatable bonds is 7. The highest BCUT2D eigenvalue weighted by Crippen LogP contribution is 2.22. The Bertz CT molecular complexity index is 1010. The van der Waals surface area contributed by atoms with Gasteiger partial charge in [0.2, 0.25) is 0 Å². The number of hydrogen-bond acceptors (Lipinski definition) is 5. The average molecular weight is 368 g/mol. The summed E-state index contributed by atoms with van der Waals surface area (Å²) in [5.74, 6) is 1.61. The summed E-state index contributed by atoms with van der Waals surface area (Å²) in [6.07, 6.45) is 5.17. The lowest BCUT2D eigenvalue weighted by atomic mass is 10.1. The van der Waals surface area contributed by atoms with Crippen molar-refractivity contribution in [1.82, 2.24) is 15.0 Å². The maximum Gasteiger partial charge on any atom is 0.130 e. The Balaban J connectivity index is 1.39. The molecule has 0 aliphatic rings. The predicted molar refractivity (Wildman–Crippen MR) is 110 cm³/mol. The Labute approximate surface area is 164 Å². The SMILES string of the molecule is c1ccc(COc2ccc(-c3cc(NCc4cccnc4)ncn3)cc2)cc1. The lowest BCUT2D eigenvalue weighted by Gasteiger charge is -2.09. The fourth-order valence-electron chi connectivity index (χ4n) is 2.77. The molecule has 5 heteroatoms. The molecule has 2 aromatic carbocycles. The average Bonchev–Trinajstić information content (AvgIpc) is 2.78. The van der Waals surface area contributed by atoms with Crippen LogP contribution in [0.1, 0.15) is 11.1 Å². The minimum absolute atomic E-state index is 0.552. The van der Waals surface area contributed by atoms with Gasteiger partial charge in [0.15, 0.2) is 0 Å². The van der Waals surface area contributed by atoms with Crippen LogP contribution in [0.2, 0.25) is 0 Å². The first-order valence-electron chi connectivity index (χ1n) is 9.09. The Morgan fingerprint density at radius 1 is 0.821 bits per heavy atom. The number of benzene rings is 2. The third-order valence-corrected chi connectivity index (χ3v) is 4.26. The number of aromatic nitrogens is 3. The largest absolute Gasteiger partial charge is 0.489 e. The molecule has 2 heterocycles. The van der Waals surface area contributed by atoms with Crippen LogP contribution in [-0.4, -0.2) is 15.0 Å². The van der Waals surface area contributed by atoms with Crippen LogP contribution < -0.4 is 10.1 Å². The zero-order valence-corrected chi connectivity index (χ0v) is 15.3. The van der Waals surface area contributed by atoms with Crippen molar-refractivity contribution in [2.75, 3.05) is 5.32 Å². The first-order valence-corrected chi connectivity index (χ1v) is 9.09. The molecule has 0 amide bonds. The van der Waals surface area contributed by atoms with Gasteiger partial charge in [-0.25, -0.2) is 9.97 Å². The molecule has 28 heavy (non-hydrogen) atoms. The second-order valence-electron chi connectivity index (χ2n) is 6.30. The lowest BCUT2D eigenvalue weighted by molar-refractivity contribution is 0.306. The van der Waals surface area contributed by atoms with Gasteiger partial charge in [0.1, 0.15) is 24.5 Å². The molecular formula is C23H20N4O. The van der Waals surface area contributed by atoms with Crippen molar-refractivity contribution >= 4 is 5.82 Å². The Hall–Kier alpha value is -3.73. The molecule has 0 radical (unpaired) electrons. The van der Waals surface area contributed by atoms with E-state index in [4.69, 9.17) is 4.74 Å². The van der Waals surface area contributed by atoms with Gasteiger partial charge in [0, 0.05) is 30.6 Å². The van der Waals surface area contributed by atoms with Crippen molar-refractivity contribution in [3.63, 3.8) is 0 Å². The van der Waals surface area contributed by atoms with Crippen LogP contribution in [0, 0.1) is 0 Å². The monoisotopic (exact) mass is 368 g/mol. The number of hydrogen-bond donors (Lipinski definition) is 1. The van der Waals surface area contributed by atoms with Gasteiger partial charge in [0.05, 0.1) is 5.69 Å². The zero-order valence-electron chi connectivity index (χ0n) is 15.3. The van der Waals surface area contributed by atoms with Crippen LogP contribution >= 0.6 is 0 Å². The fourth-order valence-corrected chi connectivity index (χ4v) is 2.77. The summed E-state index contributed by atoms with van der Waals surface area (Å²) in [6.45, 7) is 1.21. The highest BCUT2D eigenvalue weighted by atomic mass is 16.5. The van der Waals surface area contributed by atoms with Gasteiger partial charge >= 0.3 is 0 Å². The van der Waals surface area contributed by atoms with E-state index in [9.17, 15) is 0 Å². The van der Waals surface area contributed by atoms with Crippen LogP contribution in [0.25, 0.3) is 11.3 Å². The van der Waals surface area contributed by atoms with E-state index < -0.39 is 0 Å². The zero-order chi connectivity index (χ0) is 19.0. The Morgan fingerprint density at radius 3 is 2.43 bits per heavy atom. The molecule has 0 bridgehead atoms. The van der Waals surface area contributed by atoms with Crippen LogP contribution in [0.15, 0.2) is 91.5 Å². The summed E-state index contributed by atoms with van der Waals surface area (Å²) in [6, 6.07) is 23.9. The topological polar surface area (TPSA) is 59.9 Å². The molecule has 2 aromatic heterocycles. The highest BCUT2D eigenvalue weighted by Gasteiger charge is 2.04. The van der Waals surface area contributed by atoms with Gasteiger partial charge in [0.25, 0.3) is 0 Å². The van der Waals surface area contributed by atoms with Gasteiger partial charge in [-0.15, -0.1) is 0 Å². The molecule has 0 atom stereocenters. The molecular weight excluding hydrogens is 348 g/mol. The van der Waals surface area contributed by atoms with Crippen molar-refractivity contribution < 1.29 is 4.74 Å². The molecule has 0 unspecified atom stereocenters. The van der Waals surface area contributed by atoms with E-state index in [0.717, 1.165) is 34.0 Å². The number of nitrogens with zero attached hydrogens (tertiary/aromatic N) is 3. The molecule has 0 saturated heterocycles. The second-order valence-corrected chi connectivity index (χ2v) is 6.30. The highest BCUT2D eigenvalue weighted by molar-refractivity contribution is 5.62. The number of pyridine rings is 1. The van der Waals surface area contributed by atoms with E-state index in [1.165, 1.54) is 0 Å². The quantitative estimate of drug-likeness (QED) is 0.511. The van der Waals surface area contributed by atoms with Crippen molar-refractivity contribution in [2.45, 2.75) is 13.2 Å². The van der Waals surface area contributed by atoms with Crippen molar-refractivity contribution in [1.29, 1.82) is 0 Å². The Morgan fingerprint density at radius 2 is 1.64 bits per heavy atom. The molecule has 0 spiro atoms. The summed E-state index contributed by atoms with van der Waals surface area (Å²) in [4.78, 5) is 12.8. The normalized spacial score (nSPS) is 10.4. The molecule has 4 aromatic rings. The van der Waals surface area contributed by atoms with Crippen molar-refractivity contribution in [3.8, 4) is 17.0 Å². The molecule has 0 saturated carbocycles. The van der Waals surface area contributed by atoms with Gasteiger partial charge in [-0.3, -0.25) is 4.98 Å². The Kier molecular flexibility index (Phi) is 5.54. The first-order chi connectivity index (χ1) is 13.9.